The number of rotatable bonds is 12. The molecule has 2 atom stereocenters. The van der Waals surface area contributed by atoms with Gasteiger partial charge in [-0.05, 0) is 55.4 Å². The van der Waals surface area contributed by atoms with Gasteiger partial charge in [0.25, 0.3) is 5.91 Å². The fourth-order valence-electron chi connectivity index (χ4n) is 3.67. The first-order valence-electron chi connectivity index (χ1n) is 11.2. The molecule has 0 aliphatic carbocycles. The molecule has 0 aliphatic heterocycles. The Kier molecular flexibility index (Phi) is 12.4. The largest absolute Gasteiger partial charge is 1.00 e. The SMILES string of the molecule is CC(C)CNC(=O)c1nn(-c2ccc(F)cc2)c(CC[C@@H](O)C[C@@H](O)CC(=O)[O-])c1C(C)C.[Na+]. The Morgan fingerprint density at radius 3 is 2.26 bits per heavy atom. The van der Waals surface area contributed by atoms with Gasteiger partial charge in [0.2, 0.25) is 0 Å². The standard InChI is InChI=1S/C24H34FN3O5.Na/c1-14(2)13-26-24(33)23-22(15(3)4)20(10-9-18(29)11-19(30)12-21(31)32)28(27-23)17-7-5-16(25)6-8-17;/h5-8,14-15,18-19,29-30H,9-13H2,1-4H3,(H,26,33)(H,31,32);/q;+1/p-1/t18-,19-;/m1./s1. The second-order valence-electron chi connectivity index (χ2n) is 9.01. The first-order chi connectivity index (χ1) is 15.5. The van der Waals surface area contributed by atoms with Crippen LogP contribution < -0.4 is 40.0 Å². The van der Waals surface area contributed by atoms with Gasteiger partial charge in [-0.25, -0.2) is 9.07 Å². The second kappa shape index (κ2) is 13.9. The van der Waals surface area contributed by atoms with Crippen LogP contribution in [0.5, 0.6) is 0 Å². The molecule has 0 fully saturated rings. The van der Waals surface area contributed by atoms with Crippen molar-refractivity contribution in [2.24, 2.45) is 5.92 Å². The molecule has 2 aromatic rings. The summed E-state index contributed by atoms with van der Waals surface area (Å²) in [6.45, 7) is 8.35. The number of hydrogen-bond acceptors (Lipinski definition) is 6. The summed E-state index contributed by atoms with van der Waals surface area (Å²) in [6, 6.07) is 5.73. The maximum atomic E-state index is 13.5. The van der Waals surface area contributed by atoms with E-state index in [1.54, 1.807) is 16.8 Å². The van der Waals surface area contributed by atoms with Crippen molar-refractivity contribution in [2.75, 3.05) is 6.54 Å². The number of aliphatic hydroxyl groups excluding tert-OH is 2. The number of carbonyl (C=O) groups is 2. The Labute approximate surface area is 221 Å². The van der Waals surface area contributed by atoms with Crippen LogP contribution in [-0.2, 0) is 11.2 Å². The van der Waals surface area contributed by atoms with Crippen LogP contribution in [-0.4, -0.2) is 50.6 Å². The molecule has 3 N–H and O–H groups in total. The van der Waals surface area contributed by atoms with Crippen molar-refractivity contribution in [3.63, 3.8) is 0 Å². The molecule has 0 bridgehead atoms. The van der Waals surface area contributed by atoms with Gasteiger partial charge in [-0.2, -0.15) is 5.10 Å². The van der Waals surface area contributed by atoms with Crippen LogP contribution in [0.2, 0.25) is 0 Å². The minimum Gasteiger partial charge on any atom is -0.550 e. The predicted octanol–water partition coefficient (Wildman–Crippen LogP) is -1.29. The summed E-state index contributed by atoms with van der Waals surface area (Å²) >= 11 is 0. The number of carboxylic acids is 1. The molecule has 1 amide bonds. The zero-order valence-corrected chi connectivity index (χ0v) is 22.5. The van der Waals surface area contributed by atoms with E-state index in [0.29, 0.717) is 24.3 Å². The predicted molar refractivity (Wildman–Crippen MR) is 119 cm³/mol. The van der Waals surface area contributed by atoms with Crippen molar-refractivity contribution >= 4 is 11.9 Å². The number of carboxylic acid groups (broad SMARTS) is 1. The molecular formula is C24H33FN3NaO5. The smallest absolute Gasteiger partial charge is 0.550 e. The number of benzene rings is 1. The maximum absolute atomic E-state index is 13.5. The molecule has 0 saturated carbocycles. The van der Waals surface area contributed by atoms with Crippen LogP contribution >= 0.6 is 0 Å². The quantitative estimate of drug-likeness (QED) is 0.321. The first-order valence-corrected chi connectivity index (χ1v) is 11.2. The average molecular weight is 486 g/mol. The molecular weight excluding hydrogens is 452 g/mol. The van der Waals surface area contributed by atoms with E-state index in [1.165, 1.54) is 12.1 Å². The number of amides is 1. The number of halogens is 1. The third kappa shape index (κ3) is 8.78. The summed E-state index contributed by atoms with van der Waals surface area (Å²) in [4.78, 5) is 23.6. The van der Waals surface area contributed by atoms with Crippen molar-refractivity contribution in [1.82, 2.24) is 15.1 Å². The van der Waals surface area contributed by atoms with Gasteiger partial charge in [0, 0.05) is 30.2 Å². The van der Waals surface area contributed by atoms with E-state index in [0.717, 1.165) is 5.56 Å². The average Bonchev–Trinajstić information content (AvgIpc) is 3.10. The van der Waals surface area contributed by atoms with Gasteiger partial charge in [-0.1, -0.05) is 27.7 Å². The second-order valence-corrected chi connectivity index (χ2v) is 9.01. The topological polar surface area (TPSA) is 128 Å². The maximum Gasteiger partial charge on any atom is 1.00 e. The summed E-state index contributed by atoms with van der Waals surface area (Å²) in [5.41, 5.74) is 2.27. The minimum atomic E-state index is -1.39. The van der Waals surface area contributed by atoms with Crippen LogP contribution in [0, 0.1) is 11.7 Å². The van der Waals surface area contributed by atoms with Crippen molar-refractivity contribution < 1.29 is 58.9 Å². The minimum absolute atomic E-state index is 0. The summed E-state index contributed by atoms with van der Waals surface area (Å²) in [5, 5.41) is 38.2. The van der Waals surface area contributed by atoms with Crippen LogP contribution in [0.4, 0.5) is 4.39 Å². The Morgan fingerprint density at radius 2 is 1.74 bits per heavy atom. The van der Waals surface area contributed by atoms with E-state index in [1.807, 2.05) is 27.7 Å². The van der Waals surface area contributed by atoms with Gasteiger partial charge in [-0.15, -0.1) is 0 Å². The fraction of sp³-hybridized carbons (Fsp3) is 0.542. The molecule has 34 heavy (non-hydrogen) atoms. The van der Waals surface area contributed by atoms with Gasteiger partial charge in [-0.3, -0.25) is 4.79 Å². The van der Waals surface area contributed by atoms with E-state index in [9.17, 15) is 29.3 Å². The Balaban J connectivity index is 0.00000578. The zero-order chi connectivity index (χ0) is 24.7. The molecule has 0 aliphatic rings. The van der Waals surface area contributed by atoms with Gasteiger partial charge < -0.3 is 25.4 Å². The van der Waals surface area contributed by atoms with Crippen molar-refractivity contribution in [3.05, 3.63) is 47.0 Å². The van der Waals surface area contributed by atoms with E-state index >= 15 is 0 Å². The molecule has 1 aromatic carbocycles. The van der Waals surface area contributed by atoms with Crippen molar-refractivity contribution in [2.45, 2.75) is 71.5 Å². The molecule has 10 heteroatoms. The fourth-order valence-corrected chi connectivity index (χ4v) is 3.67. The van der Waals surface area contributed by atoms with Crippen molar-refractivity contribution in [3.8, 4) is 5.69 Å². The zero-order valence-electron chi connectivity index (χ0n) is 20.5. The third-order valence-corrected chi connectivity index (χ3v) is 5.22. The summed E-state index contributed by atoms with van der Waals surface area (Å²) < 4.78 is 15.1. The molecule has 0 radical (unpaired) electrons. The van der Waals surface area contributed by atoms with Gasteiger partial charge in [0.05, 0.1) is 17.9 Å². The molecule has 8 nitrogen and oxygen atoms in total. The van der Waals surface area contributed by atoms with Crippen LogP contribution in [0.15, 0.2) is 24.3 Å². The van der Waals surface area contributed by atoms with E-state index in [4.69, 9.17) is 0 Å². The molecule has 0 spiro atoms. The number of aliphatic hydroxyl groups is 2. The van der Waals surface area contributed by atoms with Gasteiger partial charge >= 0.3 is 29.6 Å². The van der Waals surface area contributed by atoms with Gasteiger partial charge in [0.1, 0.15) is 5.82 Å². The van der Waals surface area contributed by atoms with Crippen molar-refractivity contribution in [1.29, 1.82) is 0 Å². The monoisotopic (exact) mass is 485 g/mol. The summed E-state index contributed by atoms with van der Waals surface area (Å²) in [6.07, 6.45) is -2.32. The molecule has 182 valence electrons. The molecule has 1 heterocycles. The molecule has 1 aromatic heterocycles. The number of nitrogens with one attached hydrogen (secondary N) is 1. The number of nitrogens with zero attached hydrogens (tertiary/aromatic N) is 2. The third-order valence-electron chi connectivity index (χ3n) is 5.22. The molecule has 2 rings (SSSR count). The summed E-state index contributed by atoms with van der Waals surface area (Å²) in [7, 11) is 0. The Hall–Kier alpha value is -1.78. The van der Waals surface area contributed by atoms with Gasteiger partial charge in [0.15, 0.2) is 5.69 Å². The Morgan fingerprint density at radius 1 is 1.12 bits per heavy atom. The van der Waals surface area contributed by atoms with Crippen LogP contribution in [0.25, 0.3) is 5.69 Å². The molecule has 0 unspecified atom stereocenters. The van der Waals surface area contributed by atoms with Crippen LogP contribution in [0.1, 0.15) is 74.6 Å². The van der Waals surface area contributed by atoms with E-state index < -0.39 is 30.4 Å². The first kappa shape index (κ1) is 30.3. The van der Waals surface area contributed by atoms with E-state index in [-0.39, 0.29) is 65.8 Å². The number of aromatic nitrogens is 2. The molecule has 0 saturated heterocycles. The Bertz CT molecular complexity index is 947. The number of aliphatic carboxylic acids is 1. The summed E-state index contributed by atoms with van der Waals surface area (Å²) in [5.74, 6) is -1.89. The number of hydrogen-bond donors (Lipinski definition) is 3. The van der Waals surface area contributed by atoms with E-state index in [2.05, 4.69) is 10.4 Å². The van der Waals surface area contributed by atoms with Crippen LogP contribution in [0.3, 0.4) is 0 Å². The number of carbonyl (C=O) groups excluding carboxylic acids is 2. The normalized spacial score (nSPS) is 13.0.